The van der Waals surface area contributed by atoms with Gasteiger partial charge in [-0.3, -0.25) is 14.6 Å². The Labute approximate surface area is 129 Å². The monoisotopic (exact) mass is 301 g/mol. The van der Waals surface area contributed by atoms with Gasteiger partial charge in [0.2, 0.25) is 0 Å². The summed E-state index contributed by atoms with van der Waals surface area (Å²) in [7, 11) is 1.60. The van der Waals surface area contributed by atoms with Crippen molar-refractivity contribution >= 4 is 17.6 Å². The van der Waals surface area contributed by atoms with Crippen molar-refractivity contribution in [2.75, 3.05) is 12.4 Å². The van der Waals surface area contributed by atoms with E-state index in [1.165, 1.54) is 4.90 Å². The number of likely N-dealkylation sites (N-methyl/N-ethyl adjacent to an activating group) is 1. The van der Waals surface area contributed by atoms with Crippen LogP contribution in [-0.2, 0) is 16.1 Å². The second-order valence-electron chi connectivity index (χ2n) is 5.16. The molecule has 22 heavy (non-hydrogen) atoms. The number of anilines is 1. The third kappa shape index (κ3) is 3.69. The number of carbonyl (C=O) groups excluding carboxylic acids is 2. The molecule has 7 heteroatoms. The van der Waals surface area contributed by atoms with E-state index in [4.69, 9.17) is 0 Å². The van der Waals surface area contributed by atoms with Crippen molar-refractivity contribution in [1.29, 1.82) is 0 Å². The van der Waals surface area contributed by atoms with Gasteiger partial charge in [-0.25, -0.2) is 4.68 Å². The Morgan fingerprint density at radius 2 is 2.05 bits per heavy atom. The fourth-order valence-electron chi connectivity index (χ4n) is 1.77. The van der Waals surface area contributed by atoms with Crippen LogP contribution in [0.4, 0.5) is 5.82 Å². The van der Waals surface area contributed by atoms with Gasteiger partial charge >= 0.3 is 11.8 Å². The molecule has 0 atom stereocenters. The van der Waals surface area contributed by atoms with Gasteiger partial charge in [0.1, 0.15) is 5.82 Å². The smallest absolute Gasteiger partial charge is 0.315 e. The molecule has 2 heterocycles. The first-order valence-corrected chi connectivity index (χ1v) is 6.99. The summed E-state index contributed by atoms with van der Waals surface area (Å²) in [6.45, 7) is 4.10. The summed E-state index contributed by atoms with van der Waals surface area (Å²) in [4.78, 5) is 29.5. The van der Waals surface area contributed by atoms with E-state index in [-0.39, 0.29) is 6.04 Å². The number of pyridine rings is 1. The summed E-state index contributed by atoms with van der Waals surface area (Å²) in [6.07, 6.45) is 3.26. The summed E-state index contributed by atoms with van der Waals surface area (Å²) in [6, 6.07) is 7.17. The number of rotatable bonds is 4. The minimum Gasteiger partial charge on any atom is -0.335 e. The van der Waals surface area contributed by atoms with Crippen LogP contribution in [0.1, 0.15) is 19.5 Å². The lowest BCUT2D eigenvalue weighted by Gasteiger charge is -2.20. The van der Waals surface area contributed by atoms with Crippen LogP contribution in [0.25, 0.3) is 0 Å². The molecule has 0 bridgehead atoms. The standard InChI is InChI=1S/C15H19N5O2/c1-11(2)19(3)15(22)14(21)18-13-7-9-17-20(13)10-12-6-4-5-8-16-12/h4-9,11H,10H2,1-3H3,(H,18,21). The zero-order chi connectivity index (χ0) is 16.1. The molecule has 0 saturated carbocycles. The largest absolute Gasteiger partial charge is 0.335 e. The Kier molecular flexibility index (Phi) is 4.88. The second-order valence-corrected chi connectivity index (χ2v) is 5.16. The lowest BCUT2D eigenvalue weighted by atomic mass is 10.3. The number of aromatic nitrogens is 3. The fraction of sp³-hybridized carbons (Fsp3) is 0.333. The first-order valence-electron chi connectivity index (χ1n) is 6.99. The number of hydrogen-bond donors (Lipinski definition) is 1. The average Bonchev–Trinajstić information content (AvgIpc) is 2.93. The highest BCUT2D eigenvalue weighted by Crippen LogP contribution is 2.09. The van der Waals surface area contributed by atoms with Crippen LogP contribution in [0.15, 0.2) is 36.7 Å². The lowest BCUT2D eigenvalue weighted by molar-refractivity contribution is -0.143. The van der Waals surface area contributed by atoms with Crippen molar-refractivity contribution in [3.63, 3.8) is 0 Å². The maximum absolute atomic E-state index is 12.0. The van der Waals surface area contributed by atoms with Crippen LogP contribution < -0.4 is 5.32 Å². The van der Waals surface area contributed by atoms with E-state index in [0.717, 1.165) is 5.69 Å². The first kappa shape index (κ1) is 15.7. The van der Waals surface area contributed by atoms with E-state index < -0.39 is 11.8 Å². The number of nitrogens with one attached hydrogen (secondary N) is 1. The van der Waals surface area contributed by atoms with Gasteiger partial charge < -0.3 is 10.2 Å². The molecule has 0 radical (unpaired) electrons. The molecule has 0 unspecified atom stereocenters. The van der Waals surface area contributed by atoms with E-state index in [2.05, 4.69) is 15.4 Å². The molecule has 0 aliphatic rings. The van der Waals surface area contributed by atoms with Gasteiger partial charge in [-0.2, -0.15) is 5.10 Å². The molecule has 2 aromatic heterocycles. The minimum atomic E-state index is -0.682. The van der Waals surface area contributed by atoms with Gasteiger partial charge in [0, 0.05) is 25.4 Å². The normalized spacial score (nSPS) is 10.5. The topological polar surface area (TPSA) is 80.1 Å². The quantitative estimate of drug-likeness (QED) is 0.859. The third-order valence-electron chi connectivity index (χ3n) is 3.29. The van der Waals surface area contributed by atoms with Crippen LogP contribution in [-0.4, -0.2) is 44.6 Å². The molecule has 2 rings (SSSR count). The first-order chi connectivity index (χ1) is 10.5. The Hall–Kier alpha value is -2.70. The highest BCUT2D eigenvalue weighted by Gasteiger charge is 2.21. The van der Waals surface area contributed by atoms with Gasteiger partial charge in [-0.1, -0.05) is 6.07 Å². The van der Waals surface area contributed by atoms with Gasteiger partial charge in [0.25, 0.3) is 0 Å². The van der Waals surface area contributed by atoms with Crippen LogP contribution in [0, 0.1) is 0 Å². The summed E-state index contributed by atoms with van der Waals surface area (Å²) in [5.41, 5.74) is 0.812. The summed E-state index contributed by atoms with van der Waals surface area (Å²) in [5.74, 6) is -0.805. The Bertz CT molecular complexity index is 651. The van der Waals surface area contributed by atoms with Crippen LogP contribution in [0.2, 0.25) is 0 Å². The van der Waals surface area contributed by atoms with Gasteiger partial charge in [-0.05, 0) is 26.0 Å². The second kappa shape index (κ2) is 6.84. The van der Waals surface area contributed by atoms with E-state index in [1.807, 2.05) is 32.0 Å². The van der Waals surface area contributed by atoms with Crippen LogP contribution in [0.5, 0.6) is 0 Å². The highest BCUT2D eigenvalue weighted by molar-refractivity contribution is 6.39. The molecule has 0 saturated heterocycles. The fourth-order valence-corrected chi connectivity index (χ4v) is 1.77. The summed E-state index contributed by atoms with van der Waals surface area (Å²) in [5, 5.41) is 6.73. The maximum atomic E-state index is 12.0. The molecule has 0 aliphatic carbocycles. The third-order valence-corrected chi connectivity index (χ3v) is 3.29. The molecular weight excluding hydrogens is 282 g/mol. The van der Waals surface area contributed by atoms with Crippen molar-refractivity contribution in [3.05, 3.63) is 42.4 Å². The molecular formula is C15H19N5O2. The summed E-state index contributed by atoms with van der Waals surface area (Å²) >= 11 is 0. The van der Waals surface area contributed by atoms with E-state index in [0.29, 0.717) is 12.4 Å². The number of carbonyl (C=O) groups is 2. The average molecular weight is 301 g/mol. The zero-order valence-electron chi connectivity index (χ0n) is 12.9. The predicted octanol–water partition coefficient (Wildman–Crippen LogP) is 1.13. The lowest BCUT2D eigenvalue weighted by Crippen LogP contribution is -2.41. The van der Waals surface area contributed by atoms with Crippen molar-refractivity contribution in [1.82, 2.24) is 19.7 Å². The molecule has 7 nitrogen and oxygen atoms in total. The Morgan fingerprint density at radius 1 is 1.27 bits per heavy atom. The van der Waals surface area contributed by atoms with E-state index in [1.54, 1.807) is 30.2 Å². The Balaban J connectivity index is 2.07. The molecule has 0 aromatic carbocycles. The molecule has 0 spiro atoms. The molecule has 0 fully saturated rings. The minimum absolute atomic E-state index is 0.0447. The highest BCUT2D eigenvalue weighted by atomic mass is 16.2. The maximum Gasteiger partial charge on any atom is 0.315 e. The van der Waals surface area contributed by atoms with Crippen molar-refractivity contribution in [3.8, 4) is 0 Å². The number of hydrogen-bond acceptors (Lipinski definition) is 4. The number of amides is 2. The molecule has 2 amide bonds. The SMILES string of the molecule is CC(C)N(C)C(=O)C(=O)Nc1ccnn1Cc1ccccn1. The van der Waals surface area contributed by atoms with Crippen molar-refractivity contribution in [2.24, 2.45) is 0 Å². The van der Waals surface area contributed by atoms with Gasteiger partial charge in [0.15, 0.2) is 0 Å². The van der Waals surface area contributed by atoms with Gasteiger partial charge in [0.05, 0.1) is 18.4 Å². The van der Waals surface area contributed by atoms with Crippen molar-refractivity contribution in [2.45, 2.75) is 26.4 Å². The molecule has 2 aromatic rings. The van der Waals surface area contributed by atoms with Gasteiger partial charge in [-0.15, -0.1) is 0 Å². The van der Waals surface area contributed by atoms with Crippen LogP contribution in [0.3, 0.4) is 0 Å². The van der Waals surface area contributed by atoms with Crippen LogP contribution >= 0.6 is 0 Å². The van der Waals surface area contributed by atoms with E-state index >= 15 is 0 Å². The molecule has 116 valence electrons. The number of nitrogens with zero attached hydrogens (tertiary/aromatic N) is 4. The van der Waals surface area contributed by atoms with Crippen molar-refractivity contribution < 1.29 is 9.59 Å². The molecule has 1 N–H and O–H groups in total. The Morgan fingerprint density at radius 3 is 2.68 bits per heavy atom. The summed E-state index contributed by atoms with van der Waals surface area (Å²) < 4.78 is 1.59. The zero-order valence-corrected chi connectivity index (χ0v) is 12.9. The van der Waals surface area contributed by atoms with E-state index in [9.17, 15) is 9.59 Å². The molecule has 0 aliphatic heterocycles. The predicted molar refractivity (Wildman–Crippen MR) is 82.1 cm³/mol.